The van der Waals surface area contributed by atoms with Crippen LogP contribution < -0.4 is 10.6 Å². The van der Waals surface area contributed by atoms with Gasteiger partial charge in [-0.15, -0.1) is 11.3 Å². The van der Waals surface area contributed by atoms with Gasteiger partial charge in [0.2, 0.25) is 0 Å². The van der Waals surface area contributed by atoms with Gasteiger partial charge >= 0.3 is 0 Å². The monoisotopic (exact) mass is 473 g/mol. The summed E-state index contributed by atoms with van der Waals surface area (Å²) in [5.41, 5.74) is 2.27. The minimum atomic E-state index is -0.459. The standard InChI is InChI=1S/C21H13Cl2N3O2S2/c22-11-5-7-13(15(23)9-11)19(28)26-21(29)24-12-6-8-17(27)14(10-12)20-25-16-3-1-2-4-18(16)30-20/h1-10,27H,(H2,24,26,28,29). The number of para-hydroxylation sites is 1. The van der Waals surface area contributed by atoms with E-state index in [-0.39, 0.29) is 21.4 Å². The summed E-state index contributed by atoms with van der Waals surface area (Å²) in [6.45, 7) is 0. The van der Waals surface area contributed by atoms with E-state index in [0.717, 1.165) is 10.2 Å². The van der Waals surface area contributed by atoms with E-state index in [9.17, 15) is 9.90 Å². The maximum Gasteiger partial charge on any atom is 0.258 e. The summed E-state index contributed by atoms with van der Waals surface area (Å²) < 4.78 is 1.02. The molecule has 30 heavy (non-hydrogen) atoms. The highest BCUT2D eigenvalue weighted by atomic mass is 35.5. The van der Waals surface area contributed by atoms with E-state index in [1.165, 1.54) is 23.5 Å². The summed E-state index contributed by atoms with van der Waals surface area (Å²) in [6.07, 6.45) is 0. The number of nitrogens with zero attached hydrogens (tertiary/aromatic N) is 1. The first-order valence-corrected chi connectivity index (χ1v) is 10.6. The van der Waals surface area contributed by atoms with Crippen LogP contribution in [0.5, 0.6) is 5.75 Å². The second kappa shape index (κ2) is 8.57. The van der Waals surface area contributed by atoms with E-state index in [1.54, 1.807) is 24.3 Å². The number of nitrogens with one attached hydrogen (secondary N) is 2. The number of halogens is 2. The van der Waals surface area contributed by atoms with E-state index in [0.29, 0.717) is 21.3 Å². The van der Waals surface area contributed by atoms with Crippen LogP contribution in [-0.2, 0) is 0 Å². The summed E-state index contributed by atoms with van der Waals surface area (Å²) >= 11 is 18.6. The van der Waals surface area contributed by atoms with Gasteiger partial charge in [0.15, 0.2) is 5.11 Å². The third kappa shape index (κ3) is 4.39. The van der Waals surface area contributed by atoms with Crippen molar-refractivity contribution in [3.05, 3.63) is 76.3 Å². The molecule has 0 aliphatic rings. The minimum Gasteiger partial charge on any atom is -0.507 e. The Bertz CT molecular complexity index is 1260. The maximum atomic E-state index is 12.4. The van der Waals surface area contributed by atoms with Crippen molar-refractivity contribution in [3.63, 3.8) is 0 Å². The number of hydrogen-bond donors (Lipinski definition) is 3. The lowest BCUT2D eigenvalue weighted by Gasteiger charge is -2.12. The fourth-order valence-electron chi connectivity index (χ4n) is 2.78. The van der Waals surface area contributed by atoms with E-state index < -0.39 is 5.91 Å². The first-order chi connectivity index (χ1) is 14.4. The highest BCUT2D eigenvalue weighted by Gasteiger charge is 2.14. The Labute approximate surface area is 191 Å². The Balaban J connectivity index is 1.52. The lowest BCUT2D eigenvalue weighted by Crippen LogP contribution is -2.34. The SMILES string of the molecule is O=C(NC(=S)Nc1ccc(O)c(-c2nc3ccccc3s2)c1)c1ccc(Cl)cc1Cl. The lowest BCUT2D eigenvalue weighted by atomic mass is 10.2. The van der Waals surface area contributed by atoms with Crippen LogP contribution in [-0.4, -0.2) is 21.1 Å². The third-order valence-corrected chi connectivity index (χ3v) is 6.00. The zero-order valence-corrected chi connectivity index (χ0v) is 18.3. The van der Waals surface area contributed by atoms with Gasteiger partial charge in [0, 0.05) is 10.7 Å². The van der Waals surface area contributed by atoms with Crippen LogP contribution in [0.15, 0.2) is 60.7 Å². The largest absolute Gasteiger partial charge is 0.507 e. The molecular weight excluding hydrogens is 461 g/mol. The predicted molar refractivity (Wildman–Crippen MR) is 127 cm³/mol. The molecule has 5 nitrogen and oxygen atoms in total. The molecule has 150 valence electrons. The fraction of sp³-hybridized carbons (Fsp3) is 0. The molecule has 3 aromatic carbocycles. The molecule has 0 aliphatic heterocycles. The lowest BCUT2D eigenvalue weighted by molar-refractivity contribution is 0.0978. The number of hydrogen-bond acceptors (Lipinski definition) is 5. The number of phenolic OH excluding ortho intramolecular Hbond substituents is 1. The number of fused-ring (bicyclic) bond motifs is 1. The predicted octanol–water partition coefficient (Wildman–Crippen LogP) is 6.10. The number of phenols is 1. The smallest absolute Gasteiger partial charge is 0.258 e. The van der Waals surface area contributed by atoms with Gasteiger partial charge in [-0.1, -0.05) is 35.3 Å². The van der Waals surface area contributed by atoms with Gasteiger partial charge in [-0.25, -0.2) is 4.98 Å². The Hall–Kier alpha value is -2.71. The van der Waals surface area contributed by atoms with Gasteiger partial charge in [0.1, 0.15) is 10.8 Å². The van der Waals surface area contributed by atoms with Gasteiger partial charge in [0.25, 0.3) is 5.91 Å². The van der Waals surface area contributed by atoms with Crippen LogP contribution >= 0.6 is 46.8 Å². The van der Waals surface area contributed by atoms with Crippen LogP contribution in [0.4, 0.5) is 5.69 Å². The highest BCUT2D eigenvalue weighted by molar-refractivity contribution is 7.80. The number of rotatable bonds is 3. The minimum absolute atomic E-state index is 0.0898. The van der Waals surface area contributed by atoms with Gasteiger partial charge in [0.05, 0.1) is 26.4 Å². The van der Waals surface area contributed by atoms with Crippen molar-refractivity contribution in [3.8, 4) is 16.3 Å². The number of carbonyl (C=O) groups excluding carboxylic acids is 1. The van der Waals surface area contributed by atoms with E-state index in [2.05, 4.69) is 15.6 Å². The zero-order chi connectivity index (χ0) is 21.3. The van der Waals surface area contributed by atoms with Gasteiger partial charge in [-0.05, 0) is 60.7 Å². The second-order valence-electron chi connectivity index (χ2n) is 6.25. The van der Waals surface area contributed by atoms with Crippen molar-refractivity contribution in [2.75, 3.05) is 5.32 Å². The van der Waals surface area contributed by atoms with Crippen molar-refractivity contribution in [1.82, 2.24) is 10.3 Å². The Kier molecular flexibility index (Phi) is 5.87. The molecule has 1 aromatic heterocycles. The molecule has 0 atom stereocenters. The van der Waals surface area contributed by atoms with Crippen molar-refractivity contribution in [2.45, 2.75) is 0 Å². The van der Waals surface area contributed by atoms with Crippen molar-refractivity contribution < 1.29 is 9.90 Å². The number of anilines is 1. The van der Waals surface area contributed by atoms with Gasteiger partial charge in [-0.2, -0.15) is 0 Å². The number of thiocarbonyl (C=S) groups is 1. The first-order valence-electron chi connectivity index (χ1n) is 8.67. The summed E-state index contributed by atoms with van der Waals surface area (Å²) in [5.74, 6) is -0.359. The molecule has 9 heteroatoms. The fourth-order valence-corrected chi connectivity index (χ4v) is 4.47. The summed E-state index contributed by atoms with van der Waals surface area (Å²) in [7, 11) is 0. The summed E-state index contributed by atoms with van der Waals surface area (Å²) in [4.78, 5) is 17.0. The molecule has 0 bridgehead atoms. The Morgan fingerprint density at radius 2 is 1.87 bits per heavy atom. The highest BCUT2D eigenvalue weighted by Crippen LogP contribution is 2.36. The van der Waals surface area contributed by atoms with Crippen LogP contribution in [0.3, 0.4) is 0 Å². The maximum absolute atomic E-state index is 12.4. The summed E-state index contributed by atoms with van der Waals surface area (Å²) in [5, 5.41) is 17.3. The molecule has 4 rings (SSSR count). The normalized spacial score (nSPS) is 10.7. The van der Waals surface area contributed by atoms with Crippen LogP contribution in [0, 0.1) is 0 Å². The van der Waals surface area contributed by atoms with E-state index >= 15 is 0 Å². The van der Waals surface area contributed by atoms with Crippen molar-refractivity contribution >= 4 is 73.7 Å². The molecule has 1 amide bonds. The third-order valence-electron chi connectivity index (χ3n) is 4.18. The van der Waals surface area contributed by atoms with Crippen molar-refractivity contribution in [1.29, 1.82) is 0 Å². The summed E-state index contributed by atoms with van der Waals surface area (Å²) in [6, 6.07) is 17.2. The Morgan fingerprint density at radius 1 is 1.07 bits per heavy atom. The molecule has 1 heterocycles. The van der Waals surface area contributed by atoms with Gasteiger partial charge in [-0.3, -0.25) is 10.1 Å². The molecule has 0 saturated carbocycles. The average molecular weight is 474 g/mol. The molecule has 4 aromatic rings. The second-order valence-corrected chi connectivity index (χ2v) is 8.53. The molecule has 0 fully saturated rings. The molecule has 0 unspecified atom stereocenters. The number of aromatic nitrogens is 1. The molecule has 0 saturated heterocycles. The quantitative estimate of drug-likeness (QED) is 0.247. The van der Waals surface area contributed by atoms with Crippen LogP contribution in [0.1, 0.15) is 10.4 Å². The number of thiazole rings is 1. The number of carbonyl (C=O) groups is 1. The zero-order valence-electron chi connectivity index (χ0n) is 15.1. The number of benzene rings is 3. The Morgan fingerprint density at radius 3 is 2.63 bits per heavy atom. The molecule has 0 spiro atoms. The van der Waals surface area contributed by atoms with Crippen molar-refractivity contribution in [2.24, 2.45) is 0 Å². The van der Waals surface area contributed by atoms with E-state index in [4.69, 9.17) is 35.4 Å². The number of amides is 1. The number of aromatic hydroxyl groups is 1. The molecular formula is C21H13Cl2N3O2S2. The van der Waals surface area contributed by atoms with Crippen LogP contribution in [0.2, 0.25) is 10.0 Å². The molecule has 0 aliphatic carbocycles. The molecule has 0 radical (unpaired) electrons. The van der Waals surface area contributed by atoms with Gasteiger partial charge < -0.3 is 10.4 Å². The van der Waals surface area contributed by atoms with E-state index in [1.807, 2.05) is 24.3 Å². The van der Waals surface area contributed by atoms with Crippen LogP contribution in [0.25, 0.3) is 20.8 Å². The topological polar surface area (TPSA) is 74.2 Å². The molecule has 3 N–H and O–H groups in total. The first kappa shape index (κ1) is 20.6. The average Bonchev–Trinajstić information content (AvgIpc) is 3.13.